The second-order valence-corrected chi connectivity index (χ2v) is 10.1. The van der Waals surface area contributed by atoms with Crippen molar-refractivity contribution in [3.63, 3.8) is 0 Å². The van der Waals surface area contributed by atoms with Crippen LogP contribution in [0.2, 0.25) is 0 Å². The zero-order valence-corrected chi connectivity index (χ0v) is 22.9. The van der Waals surface area contributed by atoms with Gasteiger partial charge in [-0.2, -0.15) is 5.10 Å². The lowest BCUT2D eigenvalue weighted by Crippen LogP contribution is -2.16. The number of oxime groups is 1. The molecule has 3 aromatic carbocycles. The third-order valence-electron chi connectivity index (χ3n) is 7.26. The second kappa shape index (κ2) is 10.0. The van der Waals surface area contributed by atoms with E-state index < -0.39 is 0 Å². The number of hydrogen-bond donors (Lipinski definition) is 0. The molecule has 1 aliphatic heterocycles. The predicted molar refractivity (Wildman–Crippen MR) is 155 cm³/mol. The van der Waals surface area contributed by atoms with E-state index in [0.29, 0.717) is 23.2 Å². The van der Waals surface area contributed by atoms with Gasteiger partial charge in [0.2, 0.25) is 11.8 Å². The number of fused-ring (bicyclic) bond motifs is 4. The molecule has 9 nitrogen and oxygen atoms in total. The van der Waals surface area contributed by atoms with Crippen molar-refractivity contribution in [2.45, 2.75) is 33.3 Å². The normalized spacial score (nSPS) is 14.4. The number of aromatic nitrogens is 6. The molecule has 1 aliphatic rings. The quantitative estimate of drug-likeness (QED) is 0.185. The Bertz CT molecular complexity index is 1890. The zero-order chi connectivity index (χ0) is 27.9. The highest BCUT2D eigenvalue weighted by Gasteiger charge is 2.38. The van der Waals surface area contributed by atoms with Crippen molar-refractivity contribution >= 4 is 11.4 Å². The Hall–Kier alpha value is -5.31. The van der Waals surface area contributed by atoms with E-state index in [2.05, 4.69) is 46.4 Å². The van der Waals surface area contributed by atoms with E-state index in [0.717, 1.165) is 39.3 Å². The van der Waals surface area contributed by atoms with Gasteiger partial charge in [0.25, 0.3) is 0 Å². The van der Waals surface area contributed by atoms with Crippen molar-refractivity contribution in [2.24, 2.45) is 5.16 Å². The molecule has 0 aliphatic carbocycles. The maximum absolute atomic E-state index is 6.48. The van der Waals surface area contributed by atoms with Crippen LogP contribution in [0.25, 0.3) is 11.3 Å². The van der Waals surface area contributed by atoms with Crippen LogP contribution < -0.4 is 4.74 Å². The van der Waals surface area contributed by atoms with Gasteiger partial charge in [0.1, 0.15) is 6.33 Å². The number of rotatable bonds is 6. The first kappa shape index (κ1) is 24.7. The summed E-state index contributed by atoms with van der Waals surface area (Å²) >= 11 is 0. The van der Waals surface area contributed by atoms with Crippen LogP contribution in [0.1, 0.15) is 52.2 Å². The number of para-hydroxylation sites is 1. The lowest BCUT2D eigenvalue weighted by molar-refractivity contribution is 0.125. The zero-order valence-electron chi connectivity index (χ0n) is 22.9. The molecular weight excluding hydrogens is 514 g/mol. The molecule has 0 N–H and O–H groups in total. The summed E-state index contributed by atoms with van der Waals surface area (Å²) in [7, 11) is 0. The van der Waals surface area contributed by atoms with Gasteiger partial charge in [0, 0.05) is 0 Å². The van der Waals surface area contributed by atoms with Crippen LogP contribution in [0.4, 0.5) is 0 Å². The lowest BCUT2D eigenvalue weighted by atomic mass is 9.84. The van der Waals surface area contributed by atoms with E-state index in [4.69, 9.17) is 19.7 Å². The molecular formula is C32H27N7O2. The molecule has 3 aromatic heterocycles. The van der Waals surface area contributed by atoms with Gasteiger partial charge in [0.15, 0.2) is 18.1 Å². The van der Waals surface area contributed by atoms with Crippen LogP contribution >= 0.6 is 0 Å². The lowest BCUT2D eigenvalue weighted by Gasteiger charge is -2.26. The summed E-state index contributed by atoms with van der Waals surface area (Å²) < 4.78 is 9.99. The van der Waals surface area contributed by atoms with Crippen LogP contribution in [0.15, 0.2) is 96.4 Å². The minimum atomic E-state index is -0.205. The van der Waals surface area contributed by atoms with Gasteiger partial charge in [-0.05, 0) is 44.0 Å². The van der Waals surface area contributed by atoms with Crippen LogP contribution in [-0.2, 0) is 11.4 Å². The van der Waals surface area contributed by atoms with Gasteiger partial charge >= 0.3 is 0 Å². The predicted octanol–water partition coefficient (Wildman–Crippen LogP) is 6.15. The van der Waals surface area contributed by atoms with Crippen molar-refractivity contribution in [1.82, 2.24) is 29.4 Å². The molecule has 0 unspecified atom stereocenters. The highest BCUT2D eigenvalue weighted by molar-refractivity contribution is 5.98. The fourth-order valence-electron chi connectivity index (χ4n) is 5.24. The first-order valence-corrected chi connectivity index (χ1v) is 13.4. The molecule has 202 valence electrons. The Morgan fingerprint density at radius 2 is 1.63 bits per heavy atom. The smallest absolute Gasteiger partial charge is 0.230 e. The highest BCUT2D eigenvalue weighted by Crippen LogP contribution is 2.49. The summed E-state index contributed by atoms with van der Waals surface area (Å²) in [6, 6.07) is 28.4. The standard InChI is InChI=1S/C32H27N7O2/c1-20-14-16-23(17-15-20)21(2)37-40-18-26-34-30-29-28(24-10-6-4-7-11-24)27-22(3)35-39(25-12-8-5-9-13-25)32(27)41-31(29)33-19-38(30)36-26/h4-17,19,28H,18H2,1-3H3/b37-21+/t28-/m1/s1. The summed E-state index contributed by atoms with van der Waals surface area (Å²) in [6.45, 7) is 6.10. The Balaban J connectivity index is 1.29. The maximum Gasteiger partial charge on any atom is 0.230 e. The molecule has 6 aromatic rings. The monoisotopic (exact) mass is 541 g/mol. The summed E-state index contributed by atoms with van der Waals surface area (Å²) in [6.07, 6.45) is 1.62. The molecule has 1 atom stereocenters. The van der Waals surface area contributed by atoms with E-state index >= 15 is 0 Å². The Labute approximate surface area is 236 Å². The molecule has 7 rings (SSSR count). The number of ether oxygens (including phenoxy) is 1. The van der Waals surface area contributed by atoms with E-state index in [1.165, 1.54) is 5.56 Å². The molecule has 0 saturated carbocycles. The van der Waals surface area contributed by atoms with Gasteiger partial charge in [-0.15, -0.1) is 5.10 Å². The summed E-state index contributed by atoms with van der Waals surface area (Å²) in [5, 5.41) is 13.8. The average Bonchev–Trinajstić information content (AvgIpc) is 3.57. The van der Waals surface area contributed by atoms with Crippen molar-refractivity contribution < 1.29 is 9.57 Å². The summed E-state index contributed by atoms with van der Waals surface area (Å²) in [4.78, 5) is 15.2. The average molecular weight is 542 g/mol. The molecule has 0 bridgehead atoms. The minimum absolute atomic E-state index is 0.118. The van der Waals surface area contributed by atoms with Crippen LogP contribution in [-0.4, -0.2) is 35.1 Å². The Kier molecular flexibility index (Phi) is 6.04. The Morgan fingerprint density at radius 1 is 0.902 bits per heavy atom. The molecule has 0 amide bonds. The maximum atomic E-state index is 6.48. The fourth-order valence-corrected chi connectivity index (χ4v) is 5.24. The first-order valence-electron chi connectivity index (χ1n) is 13.4. The molecule has 4 heterocycles. The molecule has 0 fully saturated rings. The minimum Gasteiger partial charge on any atom is -0.420 e. The van der Waals surface area contributed by atoms with E-state index in [9.17, 15) is 0 Å². The van der Waals surface area contributed by atoms with Gasteiger partial charge in [-0.3, -0.25) is 0 Å². The van der Waals surface area contributed by atoms with Gasteiger partial charge in [0.05, 0.1) is 34.1 Å². The molecule has 9 heteroatoms. The van der Waals surface area contributed by atoms with E-state index in [1.807, 2.05) is 79.2 Å². The largest absolute Gasteiger partial charge is 0.420 e. The van der Waals surface area contributed by atoms with Crippen molar-refractivity contribution in [3.8, 4) is 17.4 Å². The number of nitrogens with zero attached hydrogens (tertiary/aromatic N) is 7. The van der Waals surface area contributed by atoms with Crippen molar-refractivity contribution in [1.29, 1.82) is 0 Å². The van der Waals surface area contributed by atoms with Crippen molar-refractivity contribution in [2.75, 3.05) is 0 Å². The highest BCUT2D eigenvalue weighted by atomic mass is 16.6. The van der Waals surface area contributed by atoms with Crippen molar-refractivity contribution in [3.05, 3.63) is 131 Å². The molecule has 0 saturated heterocycles. The van der Waals surface area contributed by atoms with Crippen LogP contribution in [0.5, 0.6) is 11.8 Å². The number of hydrogen-bond acceptors (Lipinski definition) is 7. The second-order valence-electron chi connectivity index (χ2n) is 10.1. The van der Waals surface area contributed by atoms with Crippen LogP contribution in [0, 0.1) is 13.8 Å². The van der Waals surface area contributed by atoms with Gasteiger partial charge in [-0.25, -0.2) is 19.2 Å². The van der Waals surface area contributed by atoms with Crippen LogP contribution in [0.3, 0.4) is 0 Å². The van der Waals surface area contributed by atoms with Gasteiger partial charge < -0.3 is 9.57 Å². The van der Waals surface area contributed by atoms with E-state index in [-0.39, 0.29) is 12.5 Å². The Morgan fingerprint density at radius 3 is 2.39 bits per heavy atom. The first-order chi connectivity index (χ1) is 20.1. The molecule has 41 heavy (non-hydrogen) atoms. The number of benzene rings is 3. The van der Waals surface area contributed by atoms with Gasteiger partial charge in [-0.1, -0.05) is 83.5 Å². The van der Waals surface area contributed by atoms with E-state index in [1.54, 1.807) is 10.8 Å². The molecule has 0 spiro atoms. The third kappa shape index (κ3) is 4.41. The topological polar surface area (TPSA) is 91.7 Å². The molecule has 0 radical (unpaired) electrons. The fraction of sp³-hybridized carbons (Fsp3) is 0.156. The third-order valence-corrected chi connectivity index (χ3v) is 7.26. The summed E-state index contributed by atoms with van der Waals surface area (Å²) in [5.41, 5.74) is 8.31. The summed E-state index contributed by atoms with van der Waals surface area (Å²) in [5.74, 6) is 1.42. The number of aryl methyl sites for hydroxylation is 2. The SMILES string of the molecule is C/C(=N\OCc1nc2c3c(ncn2n1)Oc1c(c(C)nn1-c1ccccc1)[C@H]3c1ccccc1)c1ccc(C)cc1.